The monoisotopic (exact) mass is 282 g/mol. The van der Waals surface area contributed by atoms with Gasteiger partial charge in [-0.05, 0) is 24.1 Å². The molecule has 0 bridgehead atoms. The van der Waals surface area contributed by atoms with E-state index in [2.05, 4.69) is 15.3 Å². The molecule has 0 aliphatic carbocycles. The smallest absolute Gasteiger partial charge is 0.233 e. The lowest BCUT2D eigenvalue weighted by molar-refractivity contribution is 0.173. The number of aromatic nitrogens is 3. The van der Waals surface area contributed by atoms with Crippen LogP contribution in [0.1, 0.15) is 22.9 Å². The highest BCUT2D eigenvalue weighted by molar-refractivity contribution is 5.30. The van der Waals surface area contributed by atoms with Gasteiger partial charge in [0.15, 0.2) is 0 Å². The van der Waals surface area contributed by atoms with Gasteiger partial charge in [-0.25, -0.2) is 9.97 Å². The van der Waals surface area contributed by atoms with Gasteiger partial charge < -0.3 is 10.4 Å². The van der Waals surface area contributed by atoms with Crippen LogP contribution in [0.3, 0.4) is 0 Å². The highest BCUT2D eigenvalue weighted by atomic mass is 16.3. The van der Waals surface area contributed by atoms with Crippen LogP contribution in [0.5, 0.6) is 0 Å². The topological polar surface area (TPSA) is 62.5 Å². The Hall–Kier alpha value is -2.24. The van der Waals surface area contributed by atoms with Crippen LogP contribution >= 0.6 is 0 Å². The standard InChI is InChI=1S/C16H18N4O/c1-12-5-2-3-6-14(12)15(21)11-17-9-13-10-19-16-18-7-4-8-20(13)16/h2-8,10,15,17,21H,9,11H2,1H3. The van der Waals surface area contributed by atoms with Crippen molar-refractivity contribution in [2.75, 3.05) is 6.54 Å². The SMILES string of the molecule is Cc1ccccc1C(O)CNCc1cnc2ncccn12. The molecule has 0 amide bonds. The van der Waals surface area contributed by atoms with Gasteiger partial charge in [-0.3, -0.25) is 4.40 Å². The van der Waals surface area contributed by atoms with Crippen LogP contribution in [0.25, 0.3) is 5.78 Å². The molecule has 0 radical (unpaired) electrons. The van der Waals surface area contributed by atoms with Gasteiger partial charge in [0.25, 0.3) is 0 Å². The van der Waals surface area contributed by atoms with Gasteiger partial charge in [-0.1, -0.05) is 24.3 Å². The van der Waals surface area contributed by atoms with Crippen molar-refractivity contribution in [3.8, 4) is 0 Å². The number of hydrogen-bond acceptors (Lipinski definition) is 4. The van der Waals surface area contributed by atoms with E-state index >= 15 is 0 Å². The van der Waals surface area contributed by atoms with Crippen molar-refractivity contribution >= 4 is 5.78 Å². The van der Waals surface area contributed by atoms with E-state index in [4.69, 9.17) is 0 Å². The Balaban J connectivity index is 1.62. The average Bonchev–Trinajstić information content (AvgIpc) is 2.91. The van der Waals surface area contributed by atoms with Gasteiger partial charge in [-0.15, -0.1) is 0 Å². The van der Waals surface area contributed by atoms with Crippen LogP contribution in [-0.2, 0) is 6.54 Å². The Morgan fingerprint density at radius 1 is 1.24 bits per heavy atom. The first-order valence-electron chi connectivity index (χ1n) is 6.97. The van der Waals surface area contributed by atoms with Gasteiger partial charge in [0.2, 0.25) is 5.78 Å². The second-order valence-corrected chi connectivity index (χ2v) is 5.04. The summed E-state index contributed by atoms with van der Waals surface area (Å²) in [5, 5.41) is 13.5. The van der Waals surface area contributed by atoms with Crippen LogP contribution < -0.4 is 5.32 Å². The highest BCUT2D eigenvalue weighted by Gasteiger charge is 2.10. The molecule has 0 saturated heterocycles. The first-order valence-corrected chi connectivity index (χ1v) is 6.97. The lowest BCUT2D eigenvalue weighted by Crippen LogP contribution is -2.22. The zero-order chi connectivity index (χ0) is 14.7. The largest absolute Gasteiger partial charge is 0.387 e. The average molecular weight is 282 g/mol. The molecule has 0 aliphatic heterocycles. The molecule has 0 spiro atoms. The second-order valence-electron chi connectivity index (χ2n) is 5.04. The molecule has 0 aliphatic rings. The van der Waals surface area contributed by atoms with Crippen molar-refractivity contribution in [2.45, 2.75) is 19.6 Å². The van der Waals surface area contributed by atoms with Crippen LogP contribution in [0, 0.1) is 6.92 Å². The Labute approximate surface area is 123 Å². The van der Waals surface area contributed by atoms with E-state index in [1.165, 1.54) is 0 Å². The number of nitrogens with one attached hydrogen (secondary N) is 1. The highest BCUT2D eigenvalue weighted by Crippen LogP contribution is 2.16. The number of benzene rings is 1. The molecule has 1 aromatic carbocycles. The fraction of sp³-hybridized carbons (Fsp3) is 0.250. The predicted octanol–water partition coefficient (Wildman–Crippen LogP) is 1.86. The molecule has 5 nitrogen and oxygen atoms in total. The molecular weight excluding hydrogens is 264 g/mol. The minimum absolute atomic E-state index is 0.498. The molecule has 3 rings (SSSR count). The van der Waals surface area contributed by atoms with E-state index < -0.39 is 6.10 Å². The van der Waals surface area contributed by atoms with Gasteiger partial charge in [0.05, 0.1) is 18.0 Å². The molecule has 3 aromatic rings. The Kier molecular flexibility index (Phi) is 3.94. The van der Waals surface area contributed by atoms with Crippen molar-refractivity contribution in [1.82, 2.24) is 19.7 Å². The number of nitrogens with zero attached hydrogens (tertiary/aromatic N) is 3. The lowest BCUT2D eigenvalue weighted by atomic mass is 10.0. The van der Waals surface area contributed by atoms with E-state index in [-0.39, 0.29) is 0 Å². The summed E-state index contributed by atoms with van der Waals surface area (Å²) < 4.78 is 1.94. The predicted molar refractivity (Wildman–Crippen MR) is 80.8 cm³/mol. The number of rotatable bonds is 5. The maximum absolute atomic E-state index is 10.2. The van der Waals surface area contributed by atoms with E-state index in [9.17, 15) is 5.11 Å². The molecule has 0 saturated carbocycles. The van der Waals surface area contributed by atoms with E-state index in [0.717, 1.165) is 16.8 Å². The van der Waals surface area contributed by atoms with Crippen LogP contribution in [0.4, 0.5) is 0 Å². The third kappa shape index (κ3) is 2.94. The van der Waals surface area contributed by atoms with Crippen LogP contribution in [0.2, 0.25) is 0 Å². The summed E-state index contributed by atoms with van der Waals surface area (Å²) >= 11 is 0. The van der Waals surface area contributed by atoms with Crippen molar-refractivity contribution in [2.24, 2.45) is 0 Å². The van der Waals surface area contributed by atoms with Crippen LogP contribution in [0.15, 0.2) is 48.9 Å². The molecule has 108 valence electrons. The minimum Gasteiger partial charge on any atom is -0.387 e. The third-order valence-corrected chi connectivity index (χ3v) is 3.56. The number of fused-ring (bicyclic) bond motifs is 1. The lowest BCUT2D eigenvalue weighted by Gasteiger charge is -2.14. The molecule has 2 aromatic heterocycles. The maximum atomic E-state index is 10.2. The number of aliphatic hydroxyl groups is 1. The Morgan fingerprint density at radius 2 is 2.10 bits per heavy atom. The summed E-state index contributed by atoms with van der Waals surface area (Å²) in [7, 11) is 0. The molecular formula is C16H18N4O. The number of imidazole rings is 1. The van der Waals surface area contributed by atoms with E-state index in [0.29, 0.717) is 18.9 Å². The maximum Gasteiger partial charge on any atom is 0.233 e. The van der Waals surface area contributed by atoms with Gasteiger partial charge in [-0.2, -0.15) is 0 Å². The summed E-state index contributed by atoms with van der Waals surface area (Å²) in [6.07, 6.45) is 4.95. The Bertz CT molecular complexity index is 738. The molecule has 2 heterocycles. The molecule has 21 heavy (non-hydrogen) atoms. The van der Waals surface area contributed by atoms with Crippen molar-refractivity contribution in [3.63, 3.8) is 0 Å². The fourth-order valence-corrected chi connectivity index (χ4v) is 2.42. The van der Waals surface area contributed by atoms with E-state index in [1.54, 1.807) is 12.4 Å². The zero-order valence-corrected chi connectivity index (χ0v) is 11.9. The van der Waals surface area contributed by atoms with Gasteiger partial charge >= 0.3 is 0 Å². The quantitative estimate of drug-likeness (QED) is 0.750. The molecule has 1 atom stereocenters. The summed E-state index contributed by atoms with van der Waals surface area (Å²) in [4.78, 5) is 8.42. The van der Waals surface area contributed by atoms with Crippen LogP contribution in [-0.4, -0.2) is 26.0 Å². The third-order valence-electron chi connectivity index (χ3n) is 3.56. The first-order chi connectivity index (χ1) is 10.3. The molecule has 0 fully saturated rings. The summed E-state index contributed by atoms with van der Waals surface area (Å²) in [6, 6.07) is 9.76. The van der Waals surface area contributed by atoms with Gasteiger partial charge in [0.1, 0.15) is 0 Å². The zero-order valence-electron chi connectivity index (χ0n) is 11.9. The molecule has 5 heteroatoms. The minimum atomic E-state index is -0.511. The summed E-state index contributed by atoms with van der Waals surface area (Å²) in [6.45, 7) is 3.14. The van der Waals surface area contributed by atoms with Crippen molar-refractivity contribution in [3.05, 3.63) is 65.7 Å². The molecule has 2 N–H and O–H groups in total. The van der Waals surface area contributed by atoms with Gasteiger partial charge in [0, 0.05) is 25.5 Å². The second kappa shape index (κ2) is 6.03. The Morgan fingerprint density at radius 3 is 2.95 bits per heavy atom. The van der Waals surface area contributed by atoms with E-state index in [1.807, 2.05) is 47.9 Å². The number of aryl methyl sites for hydroxylation is 1. The van der Waals surface area contributed by atoms with Crippen molar-refractivity contribution < 1.29 is 5.11 Å². The van der Waals surface area contributed by atoms with Crippen molar-refractivity contribution in [1.29, 1.82) is 0 Å². The normalized spacial score (nSPS) is 12.7. The number of aliphatic hydroxyl groups excluding tert-OH is 1. The summed E-state index contributed by atoms with van der Waals surface area (Å²) in [5.41, 5.74) is 3.09. The molecule has 1 unspecified atom stereocenters. The fourth-order valence-electron chi connectivity index (χ4n) is 2.42. The summed E-state index contributed by atoms with van der Waals surface area (Å²) in [5.74, 6) is 0.689. The first kappa shape index (κ1) is 13.7. The number of hydrogen-bond donors (Lipinski definition) is 2.